The SMILES string of the molecule is O=C(NNC(=O)c1cc2ccccc2o1)c1csc(N2CCOCC2)n1. The van der Waals surface area contributed by atoms with Crippen molar-refractivity contribution in [3.63, 3.8) is 0 Å². The molecule has 2 N–H and O–H groups in total. The predicted octanol–water partition coefficient (Wildman–Crippen LogP) is 1.80. The minimum Gasteiger partial charge on any atom is -0.451 e. The summed E-state index contributed by atoms with van der Waals surface area (Å²) in [5.74, 6) is -0.887. The van der Waals surface area contributed by atoms with Crippen LogP contribution in [-0.2, 0) is 4.74 Å². The molecular formula is C17H16N4O4S. The van der Waals surface area contributed by atoms with Crippen LogP contribution in [0, 0.1) is 0 Å². The fraction of sp³-hybridized carbons (Fsp3) is 0.235. The molecule has 134 valence electrons. The fourth-order valence-corrected chi connectivity index (χ4v) is 3.46. The number of thiazole rings is 1. The fourth-order valence-electron chi connectivity index (χ4n) is 2.60. The van der Waals surface area contributed by atoms with Gasteiger partial charge in [0.1, 0.15) is 11.3 Å². The summed E-state index contributed by atoms with van der Waals surface area (Å²) in [5.41, 5.74) is 5.57. The molecule has 0 aliphatic carbocycles. The zero-order valence-electron chi connectivity index (χ0n) is 13.7. The number of aromatic nitrogens is 1. The van der Waals surface area contributed by atoms with Crippen LogP contribution in [0.3, 0.4) is 0 Å². The molecule has 9 heteroatoms. The van der Waals surface area contributed by atoms with E-state index in [2.05, 4.69) is 20.7 Å². The van der Waals surface area contributed by atoms with Crippen LogP contribution in [0.1, 0.15) is 21.0 Å². The number of hydrogen-bond donors (Lipinski definition) is 2. The van der Waals surface area contributed by atoms with Gasteiger partial charge in [-0.15, -0.1) is 11.3 Å². The van der Waals surface area contributed by atoms with Gasteiger partial charge in [0.15, 0.2) is 10.9 Å². The second-order valence-corrected chi connectivity index (χ2v) is 6.51. The van der Waals surface area contributed by atoms with Gasteiger partial charge in [-0.25, -0.2) is 4.98 Å². The van der Waals surface area contributed by atoms with Crippen LogP contribution in [0.4, 0.5) is 5.13 Å². The molecule has 0 atom stereocenters. The Labute approximate surface area is 152 Å². The van der Waals surface area contributed by atoms with Crippen molar-refractivity contribution >= 4 is 39.3 Å². The third-order valence-corrected chi connectivity index (χ3v) is 4.85. The van der Waals surface area contributed by atoms with Gasteiger partial charge in [0.05, 0.1) is 13.2 Å². The molecule has 0 spiro atoms. The van der Waals surface area contributed by atoms with Gasteiger partial charge in [0, 0.05) is 23.9 Å². The number of hydrogen-bond acceptors (Lipinski definition) is 7. The van der Waals surface area contributed by atoms with Crippen molar-refractivity contribution < 1.29 is 18.7 Å². The summed E-state index contributed by atoms with van der Waals surface area (Å²) in [6.45, 7) is 2.79. The highest BCUT2D eigenvalue weighted by atomic mass is 32.1. The average Bonchev–Trinajstić information content (AvgIpc) is 3.33. The lowest BCUT2D eigenvalue weighted by atomic mass is 10.2. The van der Waals surface area contributed by atoms with Gasteiger partial charge in [-0.1, -0.05) is 18.2 Å². The maximum absolute atomic E-state index is 12.2. The van der Waals surface area contributed by atoms with Crippen molar-refractivity contribution in [2.45, 2.75) is 0 Å². The molecule has 1 aliphatic rings. The number of furan rings is 1. The van der Waals surface area contributed by atoms with E-state index in [0.29, 0.717) is 18.8 Å². The second kappa shape index (κ2) is 7.14. The molecule has 1 aliphatic heterocycles. The summed E-state index contributed by atoms with van der Waals surface area (Å²) in [7, 11) is 0. The summed E-state index contributed by atoms with van der Waals surface area (Å²) >= 11 is 1.39. The standard InChI is InChI=1S/C17H16N4O4S/c22-15(12-10-26-17(18-12)21-5-7-24-8-6-21)19-20-16(23)14-9-11-3-1-2-4-13(11)25-14/h1-4,9-10H,5-8H2,(H,19,22)(H,20,23). The Balaban J connectivity index is 1.37. The van der Waals surface area contributed by atoms with Crippen LogP contribution in [0.25, 0.3) is 11.0 Å². The summed E-state index contributed by atoms with van der Waals surface area (Å²) in [6, 6.07) is 8.92. The summed E-state index contributed by atoms with van der Waals surface area (Å²) in [5, 5.41) is 3.24. The third-order valence-electron chi connectivity index (χ3n) is 3.95. The molecule has 0 unspecified atom stereocenters. The largest absolute Gasteiger partial charge is 0.451 e. The number of para-hydroxylation sites is 1. The van der Waals surface area contributed by atoms with E-state index in [1.165, 1.54) is 11.3 Å². The summed E-state index contributed by atoms with van der Waals surface area (Å²) in [6.07, 6.45) is 0. The van der Waals surface area contributed by atoms with Gasteiger partial charge in [-0.3, -0.25) is 20.4 Å². The number of carbonyl (C=O) groups is 2. The number of carbonyl (C=O) groups excluding carboxylic acids is 2. The van der Waals surface area contributed by atoms with Gasteiger partial charge < -0.3 is 14.1 Å². The highest BCUT2D eigenvalue weighted by molar-refractivity contribution is 7.13. The van der Waals surface area contributed by atoms with E-state index >= 15 is 0 Å². The molecule has 26 heavy (non-hydrogen) atoms. The second-order valence-electron chi connectivity index (χ2n) is 5.67. The molecule has 1 saturated heterocycles. The lowest BCUT2D eigenvalue weighted by Crippen LogP contribution is -2.41. The number of ether oxygens (including phenoxy) is 1. The third kappa shape index (κ3) is 3.39. The van der Waals surface area contributed by atoms with Gasteiger partial charge in [0.25, 0.3) is 5.91 Å². The average molecular weight is 372 g/mol. The Morgan fingerprint density at radius 2 is 1.88 bits per heavy atom. The normalized spacial score (nSPS) is 14.4. The van der Waals surface area contributed by atoms with Gasteiger partial charge >= 0.3 is 5.91 Å². The Hall–Kier alpha value is -2.91. The molecule has 1 fully saturated rings. The molecule has 4 rings (SSSR count). The van der Waals surface area contributed by atoms with E-state index in [0.717, 1.165) is 23.6 Å². The van der Waals surface area contributed by atoms with Crippen molar-refractivity contribution in [3.8, 4) is 0 Å². The summed E-state index contributed by atoms with van der Waals surface area (Å²) in [4.78, 5) is 30.7. The Kier molecular flexibility index (Phi) is 4.55. The number of amides is 2. The molecule has 0 radical (unpaired) electrons. The van der Waals surface area contributed by atoms with Crippen LogP contribution in [0.15, 0.2) is 40.1 Å². The molecule has 8 nitrogen and oxygen atoms in total. The highest BCUT2D eigenvalue weighted by Crippen LogP contribution is 2.21. The van der Waals surface area contributed by atoms with Gasteiger partial charge in [-0.2, -0.15) is 0 Å². The first kappa shape index (κ1) is 16.6. The summed E-state index contributed by atoms with van der Waals surface area (Å²) < 4.78 is 10.8. The predicted molar refractivity (Wildman–Crippen MR) is 96.3 cm³/mol. The Bertz CT molecular complexity index is 912. The van der Waals surface area contributed by atoms with Crippen molar-refractivity contribution in [3.05, 3.63) is 47.2 Å². The number of nitrogens with one attached hydrogen (secondary N) is 2. The zero-order chi connectivity index (χ0) is 17.9. The van der Waals surface area contributed by atoms with E-state index in [4.69, 9.17) is 9.15 Å². The molecule has 1 aromatic carbocycles. The maximum atomic E-state index is 12.2. The number of hydrazine groups is 1. The minimum atomic E-state index is -0.529. The molecule has 0 saturated carbocycles. The van der Waals surface area contributed by atoms with Crippen LogP contribution in [0.2, 0.25) is 0 Å². The molecule has 2 aromatic heterocycles. The van der Waals surface area contributed by atoms with Gasteiger partial charge in [-0.05, 0) is 12.1 Å². The molecule has 3 heterocycles. The number of benzene rings is 1. The van der Waals surface area contributed by atoms with E-state index in [1.54, 1.807) is 17.5 Å². The van der Waals surface area contributed by atoms with E-state index < -0.39 is 11.8 Å². The maximum Gasteiger partial charge on any atom is 0.305 e. The quantitative estimate of drug-likeness (QED) is 0.681. The molecule has 2 amide bonds. The number of morpholine rings is 1. The van der Waals surface area contributed by atoms with Crippen molar-refractivity contribution in [2.24, 2.45) is 0 Å². The Morgan fingerprint density at radius 3 is 2.69 bits per heavy atom. The van der Waals surface area contributed by atoms with E-state index in [9.17, 15) is 9.59 Å². The van der Waals surface area contributed by atoms with Gasteiger partial charge in [0.2, 0.25) is 0 Å². The molecule has 0 bridgehead atoms. The van der Waals surface area contributed by atoms with Crippen molar-refractivity contribution in [1.82, 2.24) is 15.8 Å². The van der Waals surface area contributed by atoms with Crippen LogP contribution in [0.5, 0.6) is 0 Å². The van der Waals surface area contributed by atoms with E-state index in [1.807, 2.05) is 18.2 Å². The first-order valence-electron chi connectivity index (χ1n) is 8.08. The smallest absolute Gasteiger partial charge is 0.305 e. The van der Waals surface area contributed by atoms with Crippen molar-refractivity contribution in [1.29, 1.82) is 0 Å². The number of fused-ring (bicyclic) bond motifs is 1. The molecule has 3 aromatic rings. The van der Waals surface area contributed by atoms with E-state index in [-0.39, 0.29) is 11.5 Å². The Morgan fingerprint density at radius 1 is 1.12 bits per heavy atom. The lowest BCUT2D eigenvalue weighted by molar-refractivity contribution is 0.0830. The first-order valence-corrected chi connectivity index (χ1v) is 8.96. The van der Waals surface area contributed by atoms with Crippen LogP contribution in [-0.4, -0.2) is 43.1 Å². The lowest BCUT2D eigenvalue weighted by Gasteiger charge is -2.25. The topological polar surface area (TPSA) is 96.7 Å². The number of nitrogens with zero attached hydrogens (tertiary/aromatic N) is 2. The van der Waals surface area contributed by atoms with Crippen LogP contribution < -0.4 is 15.8 Å². The molecular weight excluding hydrogens is 356 g/mol. The number of anilines is 1. The highest BCUT2D eigenvalue weighted by Gasteiger charge is 2.18. The number of rotatable bonds is 3. The monoisotopic (exact) mass is 372 g/mol. The minimum absolute atomic E-state index is 0.124. The first-order chi connectivity index (χ1) is 12.7. The van der Waals surface area contributed by atoms with Crippen molar-refractivity contribution in [2.75, 3.05) is 31.2 Å². The zero-order valence-corrected chi connectivity index (χ0v) is 14.5. The van der Waals surface area contributed by atoms with Crippen LogP contribution >= 0.6 is 11.3 Å².